The van der Waals surface area contributed by atoms with Gasteiger partial charge in [0.05, 0.1) is 24.4 Å². The number of aromatic nitrogens is 1. The highest BCUT2D eigenvalue weighted by Gasteiger charge is 2.49. The zero-order valence-electron chi connectivity index (χ0n) is 11.7. The second-order valence-corrected chi connectivity index (χ2v) is 6.21. The van der Waals surface area contributed by atoms with Gasteiger partial charge in [0.1, 0.15) is 5.69 Å². The van der Waals surface area contributed by atoms with Crippen LogP contribution >= 0.6 is 0 Å². The van der Waals surface area contributed by atoms with Crippen molar-refractivity contribution in [3.8, 4) is 0 Å². The second-order valence-electron chi connectivity index (χ2n) is 6.21. The van der Waals surface area contributed by atoms with Crippen molar-refractivity contribution in [1.29, 1.82) is 0 Å². The Morgan fingerprint density at radius 3 is 2.85 bits per heavy atom. The number of likely N-dealkylation sites (tertiary alicyclic amines) is 2. The van der Waals surface area contributed by atoms with Gasteiger partial charge in [0.2, 0.25) is 0 Å². The Labute approximate surface area is 118 Å². The van der Waals surface area contributed by atoms with Crippen LogP contribution in [0.4, 0.5) is 0 Å². The maximum atomic E-state index is 12.4. The normalized spacial score (nSPS) is 29.1. The van der Waals surface area contributed by atoms with Crippen LogP contribution < -0.4 is 0 Å². The SMILES string of the molecule is CC1CN(Cc2cccc(C(=O)N3CC4OCC43)n2)C1. The summed E-state index contributed by atoms with van der Waals surface area (Å²) in [6, 6.07) is 6.06. The lowest BCUT2D eigenvalue weighted by molar-refractivity contribution is -0.195. The molecule has 2 unspecified atom stereocenters. The van der Waals surface area contributed by atoms with Crippen LogP contribution in [-0.4, -0.2) is 59.1 Å². The minimum absolute atomic E-state index is 0.0494. The maximum absolute atomic E-state index is 12.4. The molecule has 0 aliphatic carbocycles. The van der Waals surface area contributed by atoms with Crippen LogP contribution in [0.15, 0.2) is 18.2 Å². The number of morpholine rings is 1. The van der Waals surface area contributed by atoms with Gasteiger partial charge in [0.25, 0.3) is 5.91 Å². The van der Waals surface area contributed by atoms with Crippen LogP contribution in [0.2, 0.25) is 0 Å². The van der Waals surface area contributed by atoms with E-state index in [1.54, 1.807) is 0 Å². The third kappa shape index (κ3) is 1.93. The highest BCUT2D eigenvalue weighted by Crippen LogP contribution is 2.31. The summed E-state index contributed by atoms with van der Waals surface area (Å²) in [5.41, 5.74) is 1.56. The fourth-order valence-electron chi connectivity index (χ4n) is 3.23. The van der Waals surface area contributed by atoms with Crippen molar-refractivity contribution in [2.24, 2.45) is 5.92 Å². The molecule has 4 rings (SSSR count). The van der Waals surface area contributed by atoms with E-state index in [2.05, 4.69) is 16.8 Å². The smallest absolute Gasteiger partial charge is 0.272 e. The Kier molecular flexibility index (Phi) is 2.79. The molecule has 3 aliphatic rings. The Hall–Kier alpha value is -1.46. The van der Waals surface area contributed by atoms with Crippen LogP contribution in [0.5, 0.6) is 0 Å². The Morgan fingerprint density at radius 2 is 2.25 bits per heavy atom. The van der Waals surface area contributed by atoms with E-state index < -0.39 is 0 Å². The predicted octanol–water partition coefficient (Wildman–Crippen LogP) is 0.756. The molecule has 0 saturated carbocycles. The molecule has 0 radical (unpaired) electrons. The standard InChI is InChI=1S/C15H19N3O2/c1-10-5-17(6-10)7-11-3-2-4-12(16-11)15(19)18-8-14-13(18)9-20-14/h2-4,10,13-14H,5-9H2,1H3. The number of fused-ring (bicyclic) bond motifs is 1. The van der Waals surface area contributed by atoms with E-state index in [0.717, 1.165) is 37.8 Å². The topological polar surface area (TPSA) is 45.7 Å². The van der Waals surface area contributed by atoms with Gasteiger partial charge >= 0.3 is 0 Å². The van der Waals surface area contributed by atoms with Crippen LogP contribution in [-0.2, 0) is 11.3 Å². The molecule has 3 fully saturated rings. The van der Waals surface area contributed by atoms with Crippen molar-refractivity contribution in [2.45, 2.75) is 25.6 Å². The Bertz CT molecular complexity index is 542. The first-order valence-electron chi connectivity index (χ1n) is 7.31. The second kappa shape index (κ2) is 4.53. The fourth-order valence-corrected chi connectivity index (χ4v) is 3.23. The fraction of sp³-hybridized carbons (Fsp3) is 0.600. The molecule has 3 saturated heterocycles. The molecule has 0 spiro atoms. The van der Waals surface area contributed by atoms with Crippen LogP contribution in [0.3, 0.4) is 0 Å². The van der Waals surface area contributed by atoms with E-state index in [9.17, 15) is 4.79 Å². The first kappa shape index (κ1) is 12.3. The van der Waals surface area contributed by atoms with E-state index in [1.165, 1.54) is 0 Å². The number of hydrogen-bond acceptors (Lipinski definition) is 4. The number of amides is 1. The molecule has 2 atom stereocenters. The predicted molar refractivity (Wildman–Crippen MR) is 73.2 cm³/mol. The third-order valence-electron chi connectivity index (χ3n) is 4.50. The summed E-state index contributed by atoms with van der Waals surface area (Å²) in [6.45, 7) is 6.77. The van der Waals surface area contributed by atoms with Crippen molar-refractivity contribution in [3.63, 3.8) is 0 Å². The Balaban J connectivity index is 1.44. The molecule has 0 bridgehead atoms. The lowest BCUT2D eigenvalue weighted by Crippen LogP contribution is -2.71. The third-order valence-corrected chi connectivity index (χ3v) is 4.50. The first-order chi connectivity index (χ1) is 9.70. The van der Waals surface area contributed by atoms with E-state index in [-0.39, 0.29) is 12.0 Å². The molecule has 4 heterocycles. The van der Waals surface area contributed by atoms with Crippen molar-refractivity contribution in [2.75, 3.05) is 26.2 Å². The number of carbonyl (C=O) groups excluding carboxylic acids is 1. The molecule has 1 aromatic rings. The van der Waals surface area contributed by atoms with E-state index in [0.29, 0.717) is 18.3 Å². The summed E-state index contributed by atoms with van der Waals surface area (Å²) in [5.74, 6) is 0.838. The van der Waals surface area contributed by atoms with E-state index >= 15 is 0 Å². The molecule has 0 N–H and O–H groups in total. The highest BCUT2D eigenvalue weighted by molar-refractivity contribution is 5.93. The van der Waals surface area contributed by atoms with Gasteiger partial charge in [-0.25, -0.2) is 4.98 Å². The molecule has 20 heavy (non-hydrogen) atoms. The number of rotatable bonds is 3. The van der Waals surface area contributed by atoms with Crippen molar-refractivity contribution < 1.29 is 9.53 Å². The van der Waals surface area contributed by atoms with Crippen LogP contribution in [0, 0.1) is 5.92 Å². The minimum Gasteiger partial charge on any atom is -0.372 e. The van der Waals surface area contributed by atoms with Crippen LogP contribution in [0.25, 0.3) is 0 Å². The number of ether oxygens (including phenoxy) is 1. The highest BCUT2D eigenvalue weighted by atomic mass is 16.5. The van der Waals surface area contributed by atoms with Gasteiger partial charge in [-0.15, -0.1) is 0 Å². The molecule has 5 nitrogen and oxygen atoms in total. The first-order valence-corrected chi connectivity index (χ1v) is 7.31. The largest absolute Gasteiger partial charge is 0.372 e. The summed E-state index contributed by atoms with van der Waals surface area (Å²) >= 11 is 0. The van der Waals surface area contributed by atoms with Crippen molar-refractivity contribution in [3.05, 3.63) is 29.6 Å². The van der Waals surface area contributed by atoms with Gasteiger partial charge in [0.15, 0.2) is 0 Å². The maximum Gasteiger partial charge on any atom is 0.272 e. The summed E-state index contributed by atoms with van der Waals surface area (Å²) in [5, 5.41) is 0. The van der Waals surface area contributed by atoms with Crippen molar-refractivity contribution >= 4 is 5.91 Å². The molecule has 1 aromatic heterocycles. The number of pyridine rings is 1. The van der Waals surface area contributed by atoms with E-state index in [4.69, 9.17) is 4.74 Å². The molecule has 1 amide bonds. The average Bonchev–Trinajstić information content (AvgIpc) is 2.40. The van der Waals surface area contributed by atoms with Crippen LogP contribution in [0.1, 0.15) is 23.1 Å². The molecular formula is C15H19N3O2. The summed E-state index contributed by atoms with van der Waals surface area (Å²) in [4.78, 5) is 21.2. The zero-order valence-corrected chi connectivity index (χ0v) is 11.7. The number of hydrogen-bond donors (Lipinski definition) is 0. The molecular weight excluding hydrogens is 254 g/mol. The van der Waals surface area contributed by atoms with Gasteiger partial charge in [-0.2, -0.15) is 0 Å². The van der Waals surface area contributed by atoms with Gasteiger partial charge in [-0.05, 0) is 18.1 Å². The minimum atomic E-state index is 0.0494. The quantitative estimate of drug-likeness (QED) is 0.815. The molecule has 0 aromatic carbocycles. The summed E-state index contributed by atoms with van der Waals surface area (Å²) in [6.07, 6.45) is 0.282. The molecule has 3 aliphatic heterocycles. The zero-order chi connectivity index (χ0) is 13.7. The average molecular weight is 273 g/mol. The lowest BCUT2D eigenvalue weighted by Gasteiger charge is -2.54. The Morgan fingerprint density at radius 1 is 1.40 bits per heavy atom. The van der Waals surface area contributed by atoms with E-state index in [1.807, 2.05) is 23.1 Å². The van der Waals surface area contributed by atoms with Gasteiger partial charge in [-0.3, -0.25) is 9.69 Å². The number of carbonyl (C=O) groups is 1. The number of nitrogens with zero attached hydrogens (tertiary/aromatic N) is 3. The van der Waals surface area contributed by atoms with Gasteiger partial charge < -0.3 is 9.64 Å². The van der Waals surface area contributed by atoms with Gasteiger partial charge in [0, 0.05) is 26.2 Å². The monoisotopic (exact) mass is 273 g/mol. The van der Waals surface area contributed by atoms with Gasteiger partial charge in [-0.1, -0.05) is 13.0 Å². The van der Waals surface area contributed by atoms with Crippen molar-refractivity contribution in [1.82, 2.24) is 14.8 Å². The lowest BCUT2D eigenvalue weighted by atomic mass is 9.94. The summed E-state index contributed by atoms with van der Waals surface area (Å²) < 4.78 is 5.33. The molecule has 5 heteroatoms. The molecule has 106 valence electrons. The summed E-state index contributed by atoms with van der Waals surface area (Å²) in [7, 11) is 0.